The van der Waals surface area contributed by atoms with Gasteiger partial charge in [-0.2, -0.15) is 0 Å². The summed E-state index contributed by atoms with van der Waals surface area (Å²) in [5, 5.41) is 0. The summed E-state index contributed by atoms with van der Waals surface area (Å²) in [6.07, 6.45) is 0. The van der Waals surface area contributed by atoms with Gasteiger partial charge in [-0.05, 0) is 31.3 Å². The van der Waals surface area contributed by atoms with Crippen molar-refractivity contribution < 1.29 is 18.3 Å². The zero-order valence-electron chi connectivity index (χ0n) is 12.8. The van der Waals surface area contributed by atoms with Crippen LogP contribution in [0.4, 0.5) is 8.78 Å². The van der Waals surface area contributed by atoms with Gasteiger partial charge in [0.1, 0.15) is 12.4 Å². The van der Waals surface area contributed by atoms with Crippen molar-refractivity contribution in [1.29, 1.82) is 0 Å². The van der Waals surface area contributed by atoms with Crippen LogP contribution in [-0.4, -0.2) is 31.0 Å². The molecule has 122 valence electrons. The van der Waals surface area contributed by atoms with Crippen LogP contribution in [0.25, 0.3) is 0 Å². The Bertz CT molecular complexity index is 692. The van der Waals surface area contributed by atoms with Gasteiger partial charge in [-0.25, -0.2) is 8.78 Å². The molecule has 0 aliphatic rings. The number of hydrogen-bond acceptors (Lipinski definition) is 3. The number of likely N-dealkylation sites (N-methyl/N-ethyl adjacent to an activating group) is 1. The van der Waals surface area contributed by atoms with Crippen LogP contribution in [0.5, 0.6) is 5.75 Å². The Morgan fingerprint density at radius 1 is 1.17 bits per heavy atom. The van der Waals surface area contributed by atoms with Gasteiger partial charge in [-0.3, -0.25) is 9.69 Å². The van der Waals surface area contributed by atoms with E-state index < -0.39 is 11.7 Å². The van der Waals surface area contributed by atoms with Crippen molar-refractivity contribution in [2.75, 3.05) is 20.2 Å². The number of primary amides is 1. The third kappa shape index (κ3) is 4.75. The molecule has 0 saturated carbocycles. The Hall–Kier alpha value is -2.47. The van der Waals surface area contributed by atoms with Crippen LogP contribution in [0.15, 0.2) is 42.5 Å². The molecule has 0 aromatic heterocycles. The quantitative estimate of drug-likeness (QED) is 0.853. The molecule has 2 rings (SSSR count). The van der Waals surface area contributed by atoms with Crippen molar-refractivity contribution in [3.05, 3.63) is 65.2 Å². The first kappa shape index (κ1) is 16.9. The van der Waals surface area contributed by atoms with Crippen LogP contribution < -0.4 is 10.5 Å². The molecule has 2 N–H and O–H groups in total. The Labute approximate surface area is 133 Å². The van der Waals surface area contributed by atoms with Crippen molar-refractivity contribution in [2.24, 2.45) is 5.73 Å². The minimum absolute atomic E-state index is 0.0503. The highest BCUT2D eigenvalue weighted by atomic mass is 19.1. The normalized spacial score (nSPS) is 10.8. The number of nitrogens with zero attached hydrogens (tertiary/aromatic N) is 1. The van der Waals surface area contributed by atoms with Crippen LogP contribution in [-0.2, 0) is 6.54 Å². The molecule has 0 aliphatic carbocycles. The van der Waals surface area contributed by atoms with Crippen molar-refractivity contribution >= 4 is 5.91 Å². The second-order valence-electron chi connectivity index (χ2n) is 5.19. The first-order chi connectivity index (χ1) is 11.0. The van der Waals surface area contributed by atoms with Crippen LogP contribution in [0.1, 0.15) is 15.9 Å². The van der Waals surface area contributed by atoms with Crippen LogP contribution in [0.2, 0.25) is 0 Å². The molecular weight excluding hydrogens is 302 g/mol. The Morgan fingerprint density at radius 3 is 2.57 bits per heavy atom. The lowest BCUT2D eigenvalue weighted by Crippen LogP contribution is -2.24. The number of carbonyl (C=O) groups is 1. The molecule has 0 atom stereocenters. The molecule has 6 heteroatoms. The van der Waals surface area contributed by atoms with E-state index in [4.69, 9.17) is 10.5 Å². The van der Waals surface area contributed by atoms with Gasteiger partial charge in [-0.1, -0.05) is 18.2 Å². The van der Waals surface area contributed by atoms with E-state index in [-0.39, 0.29) is 23.7 Å². The maximum atomic E-state index is 13.7. The lowest BCUT2D eigenvalue weighted by molar-refractivity contribution is 0.0999. The number of hydrogen-bond donors (Lipinski definition) is 1. The van der Waals surface area contributed by atoms with E-state index in [1.807, 2.05) is 11.9 Å². The summed E-state index contributed by atoms with van der Waals surface area (Å²) in [4.78, 5) is 12.8. The molecule has 23 heavy (non-hydrogen) atoms. The average molecular weight is 320 g/mol. The zero-order chi connectivity index (χ0) is 16.8. The Morgan fingerprint density at radius 2 is 1.91 bits per heavy atom. The molecule has 0 spiro atoms. The molecule has 2 aromatic carbocycles. The minimum atomic E-state index is -0.694. The predicted molar refractivity (Wildman–Crippen MR) is 83.1 cm³/mol. The van der Waals surface area contributed by atoms with Crippen molar-refractivity contribution in [1.82, 2.24) is 4.90 Å². The third-order valence-electron chi connectivity index (χ3n) is 3.35. The predicted octanol–water partition coefficient (Wildman–Crippen LogP) is 2.57. The summed E-state index contributed by atoms with van der Waals surface area (Å²) in [7, 11) is 1.82. The summed E-state index contributed by atoms with van der Waals surface area (Å²) in [6.45, 7) is 1.16. The summed E-state index contributed by atoms with van der Waals surface area (Å²) in [5.74, 6) is -1.54. The topological polar surface area (TPSA) is 55.6 Å². The van der Waals surface area contributed by atoms with Gasteiger partial charge >= 0.3 is 0 Å². The van der Waals surface area contributed by atoms with E-state index in [9.17, 15) is 13.6 Å². The van der Waals surface area contributed by atoms with E-state index in [0.717, 1.165) is 6.07 Å². The van der Waals surface area contributed by atoms with Gasteiger partial charge < -0.3 is 10.5 Å². The van der Waals surface area contributed by atoms with Gasteiger partial charge in [0, 0.05) is 24.2 Å². The van der Waals surface area contributed by atoms with Gasteiger partial charge in [0.2, 0.25) is 5.91 Å². The fraction of sp³-hybridized carbons (Fsp3) is 0.235. The molecule has 0 saturated heterocycles. The van der Waals surface area contributed by atoms with E-state index in [1.165, 1.54) is 18.2 Å². The maximum absolute atomic E-state index is 13.7. The number of benzene rings is 2. The number of amides is 1. The fourth-order valence-electron chi connectivity index (χ4n) is 2.08. The number of rotatable bonds is 7. The molecule has 0 fully saturated rings. The Kier molecular flexibility index (Phi) is 5.65. The van der Waals surface area contributed by atoms with Gasteiger partial charge in [0.15, 0.2) is 11.6 Å². The molecule has 0 heterocycles. The molecule has 1 amide bonds. The van der Waals surface area contributed by atoms with Crippen molar-refractivity contribution in [3.8, 4) is 5.75 Å². The minimum Gasteiger partial charge on any atom is -0.489 e. The van der Waals surface area contributed by atoms with Crippen LogP contribution in [0.3, 0.4) is 0 Å². The highest BCUT2D eigenvalue weighted by Crippen LogP contribution is 2.18. The molecular formula is C17H18F2N2O2. The average Bonchev–Trinajstić information content (AvgIpc) is 2.51. The number of nitrogens with two attached hydrogens (primary N) is 1. The first-order valence-electron chi connectivity index (χ1n) is 7.11. The van der Waals surface area contributed by atoms with E-state index in [1.54, 1.807) is 18.2 Å². The van der Waals surface area contributed by atoms with E-state index in [2.05, 4.69) is 0 Å². The summed E-state index contributed by atoms with van der Waals surface area (Å²) < 4.78 is 32.6. The standard InChI is InChI=1S/C17H18F2N2O2/c1-21(11-13-4-2-3-5-14(13)18)8-9-23-16-7-6-12(17(20)22)10-15(16)19/h2-7,10H,8-9,11H2,1H3,(H2,20,22). The number of halogens is 2. The largest absolute Gasteiger partial charge is 0.489 e. The van der Waals surface area contributed by atoms with Gasteiger partial charge in [0.05, 0.1) is 0 Å². The molecule has 2 aromatic rings. The highest BCUT2D eigenvalue weighted by molar-refractivity contribution is 5.92. The smallest absolute Gasteiger partial charge is 0.248 e. The molecule has 0 radical (unpaired) electrons. The third-order valence-corrected chi connectivity index (χ3v) is 3.35. The van der Waals surface area contributed by atoms with Crippen molar-refractivity contribution in [3.63, 3.8) is 0 Å². The highest BCUT2D eigenvalue weighted by Gasteiger charge is 2.09. The monoisotopic (exact) mass is 320 g/mol. The summed E-state index contributed by atoms with van der Waals surface area (Å²) in [5.41, 5.74) is 5.75. The second kappa shape index (κ2) is 7.69. The van der Waals surface area contributed by atoms with Gasteiger partial charge in [0.25, 0.3) is 0 Å². The fourth-order valence-corrected chi connectivity index (χ4v) is 2.08. The second-order valence-corrected chi connectivity index (χ2v) is 5.19. The number of ether oxygens (including phenoxy) is 1. The van der Waals surface area contributed by atoms with Crippen LogP contribution in [0, 0.1) is 11.6 Å². The summed E-state index contributed by atoms with van der Waals surface area (Å²) >= 11 is 0. The molecule has 0 bridgehead atoms. The first-order valence-corrected chi connectivity index (χ1v) is 7.11. The lowest BCUT2D eigenvalue weighted by Gasteiger charge is -2.17. The molecule has 0 aliphatic heterocycles. The van der Waals surface area contributed by atoms with Gasteiger partial charge in [-0.15, -0.1) is 0 Å². The molecule has 0 unspecified atom stereocenters. The lowest BCUT2D eigenvalue weighted by atomic mass is 10.2. The van der Waals surface area contributed by atoms with E-state index in [0.29, 0.717) is 18.7 Å². The maximum Gasteiger partial charge on any atom is 0.248 e. The van der Waals surface area contributed by atoms with Crippen LogP contribution >= 0.6 is 0 Å². The summed E-state index contributed by atoms with van der Waals surface area (Å²) in [6, 6.07) is 10.4. The molecule has 4 nitrogen and oxygen atoms in total. The zero-order valence-corrected chi connectivity index (χ0v) is 12.8. The number of carbonyl (C=O) groups excluding carboxylic acids is 1. The van der Waals surface area contributed by atoms with Crippen molar-refractivity contribution in [2.45, 2.75) is 6.54 Å². The SMILES string of the molecule is CN(CCOc1ccc(C(N)=O)cc1F)Cc1ccccc1F. The Balaban J connectivity index is 1.85. The van der Waals surface area contributed by atoms with E-state index >= 15 is 0 Å².